The maximum Gasteiger partial charge on any atom is 0.277 e. The molecule has 0 N–H and O–H groups in total. The van der Waals surface area contributed by atoms with E-state index in [0.717, 1.165) is 38.2 Å². The molecule has 5 rings (SSSR count). The summed E-state index contributed by atoms with van der Waals surface area (Å²) in [4.78, 5) is 21.9. The highest BCUT2D eigenvalue weighted by atomic mass is 35.5. The van der Waals surface area contributed by atoms with Gasteiger partial charge < -0.3 is 4.90 Å². The van der Waals surface area contributed by atoms with E-state index >= 15 is 0 Å². The lowest BCUT2D eigenvalue weighted by Gasteiger charge is -2.36. The monoisotopic (exact) mass is 422 g/mol. The Morgan fingerprint density at radius 1 is 0.867 bits per heavy atom. The van der Waals surface area contributed by atoms with Crippen LogP contribution in [-0.2, 0) is 6.54 Å². The minimum Gasteiger partial charge on any atom is -0.367 e. The lowest BCUT2D eigenvalue weighted by Crippen LogP contribution is -2.47. The van der Waals surface area contributed by atoms with Gasteiger partial charge in [-0.05, 0) is 24.3 Å². The summed E-state index contributed by atoms with van der Waals surface area (Å²) < 4.78 is 1.48. The number of hydrogen-bond donors (Lipinski definition) is 0. The molecular formula is C22H23ClN6O. The van der Waals surface area contributed by atoms with E-state index < -0.39 is 0 Å². The van der Waals surface area contributed by atoms with Gasteiger partial charge in [0.1, 0.15) is 5.52 Å². The van der Waals surface area contributed by atoms with Crippen LogP contribution >= 0.6 is 12.4 Å². The smallest absolute Gasteiger partial charge is 0.277 e. The molecule has 4 aromatic rings. The van der Waals surface area contributed by atoms with Crippen LogP contribution in [0.5, 0.6) is 0 Å². The average Bonchev–Trinajstić information content (AvgIpc) is 2.79. The van der Waals surface area contributed by atoms with Crippen LogP contribution in [-0.4, -0.2) is 57.6 Å². The summed E-state index contributed by atoms with van der Waals surface area (Å²) >= 11 is 0. The van der Waals surface area contributed by atoms with Crippen LogP contribution < -0.4 is 10.5 Å². The minimum absolute atomic E-state index is 0. The molecule has 1 saturated heterocycles. The zero-order chi connectivity index (χ0) is 19.6. The highest BCUT2D eigenvalue weighted by Crippen LogP contribution is 2.25. The van der Waals surface area contributed by atoms with E-state index in [1.165, 1.54) is 15.8 Å². The molecule has 0 spiro atoms. The van der Waals surface area contributed by atoms with Gasteiger partial charge in [-0.2, -0.15) is 0 Å². The van der Waals surface area contributed by atoms with Crippen molar-refractivity contribution in [2.24, 2.45) is 0 Å². The van der Waals surface area contributed by atoms with E-state index in [2.05, 4.69) is 49.4 Å². The molecule has 1 aliphatic heterocycles. The Hall–Kier alpha value is -3.03. The third-order valence-electron chi connectivity index (χ3n) is 5.58. The number of rotatable bonds is 4. The van der Waals surface area contributed by atoms with Gasteiger partial charge in [0.15, 0.2) is 0 Å². The fourth-order valence-electron chi connectivity index (χ4n) is 3.96. The van der Waals surface area contributed by atoms with Crippen molar-refractivity contribution in [3.8, 4) is 0 Å². The Labute approximate surface area is 180 Å². The first-order valence-electron chi connectivity index (χ1n) is 9.93. The van der Waals surface area contributed by atoms with Crippen LogP contribution in [0.4, 0.5) is 5.69 Å². The molecule has 154 valence electrons. The number of benzene rings is 2. The average molecular weight is 423 g/mol. The second-order valence-corrected chi connectivity index (χ2v) is 7.32. The molecule has 8 heteroatoms. The lowest BCUT2D eigenvalue weighted by molar-refractivity contribution is 0.242. The zero-order valence-electron chi connectivity index (χ0n) is 16.5. The van der Waals surface area contributed by atoms with Crippen molar-refractivity contribution >= 4 is 39.9 Å². The molecule has 0 saturated carbocycles. The summed E-state index contributed by atoms with van der Waals surface area (Å²) in [6, 6.07) is 17.8. The SMILES string of the molecule is Cl.O=c1c2ccccc2nnn1CCN1CCN(c2cccc3cccnc23)CC1. The quantitative estimate of drug-likeness (QED) is 0.503. The third kappa shape index (κ3) is 3.86. The summed E-state index contributed by atoms with van der Waals surface area (Å²) in [5.74, 6) is 0. The molecule has 3 heterocycles. The first kappa shape index (κ1) is 20.3. The summed E-state index contributed by atoms with van der Waals surface area (Å²) in [5.41, 5.74) is 2.82. The van der Waals surface area contributed by atoms with Gasteiger partial charge in [0, 0.05) is 44.3 Å². The maximum atomic E-state index is 12.6. The number of para-hydroxylation sites is 1. The predicted molar refractivity (Wildman–Crippen MR) is 121 cm³/mol. The number of fused-ring (bicyclic) bond motifs is 2. The van der Waals surface area contributed by atoms with Crippen LogP contribution in [0.2, 0.25) is 0 Å². The van der Waals surface area contributed by atoms with Crippen LogP contribution in [0.1, 0.15) is 0 Å². The van der Waals surface area contributed by atoms with Crippen molar-refractivity contribution in [1.82, 2.24) is 24.9 Å². The van der Waals surface area contributed by atoms with Gasteiger partial charge in [0.05, 0.1) is 23.1 Å². The van der Waals surface area contributed by atoms with Gasteiger partial charge in [-0.15, -0.1) is 17.5 Å². The number of nitrogens with zero attached hydrogens (tertiary/aromatic N) is 6. The molecule has 0 bridgehead atoms. The van der Waals surface area contributed by atoms with Crippen molar-refractivity contribution in [2.75, 3.05) is 37.6 Å². The Kier molecular flexibility index (Phi) is 5.92. The second-order valence-electron chi connectivity index (χ2n) is 7.32. The highest BCUT2D eigenvalue weighted by molar-refractivity contribution is 5.90. The summed E-state index contributed by atoms with van der Waals surface area (Å²) in [5, 5.41) is 10.1. The summed E-state index contributed by atoms with van der Waals surface area (Å²) in [7, 11) is 0. The van der Waals surface area contributed by atoms with Crippen molar-refractivity contribution in [3.63, 3.8) is 0 Å². The molecule has 30 heavy (non-hydrogen) atoms. The van der Waals surface area contributed by atoms with Crippen molar-refractivity contribution in [3.05, 3.63) is 71.1 Å². The summed E-state index contributed by atoms with van der Waals surface area (Å²) in [6.45, 7) is 5.10. The van der Waals surface area contributed by atoms with E-state index in [9.17, 15) is 4.79 Å². The molecule has 0 unspecified atom stereocenters. The van der Waals surface area contributed by atoms with E-state index in [4.69, 9.17) is 0 Å². The number of aromatic nitrogens is 4. The maximum absolute atomic E-state index is 12.6. The molecule has 1 aliphatic rings. The molecule has 7 nitrogen and oxygen atoms in total. The van der Waals surface area contributed by atoms with Gasteiger partial charge >= 0.3 is 0 Å². The fourth-order valence-corrected chi connectivity index (χ4v) is 3.96. The molecule has 0 amide bonds. The van der Waals surface area contributed by atoms with Gasteiger partial charge in [-0.25, -0.2) is 4.68 Å². The van der Waals surface area contributed by atoms with E-state index in [-0.39, 0.29) is 18.0 Å². The third-order valence-corrected chi connectivity index (χ3v) is 5.58. The van der Waals surface area contributed by atoms with Gasteiger partial charge in [-0.3, -0.25) is 14.7 Å². The van der Waals surface area contributed by atoms with Crippen molar-refractivity contribution in [2.45, 2.75) is 6.54 Å². The minimum atomic E-state index is -0.0731. The zero-order valence-corrected chi connectivity index (χ0v) is 17.3. The fraction of sp³-hybridized carbons (Fsp3) is 0.273. The molecule has 2 aromatic heterocycles. The van der Waals surface area contributed by atoms with Gasteiger partial charge in [0.25, 0.3) is 5.56 Å². The molecule has 1 fully saturated rings. The Balaban J connectivity index is 0.00000218. The van der Waals surface area contributed by atoms with Crippen LogP contribution in [0.3, 0.4) is 0 Å². The van der Waals surface area contributed by atoms with Crippen molar-refractivity contribution in [1.29, 1.82) is 0 Å². The Bertz CT molecular complexity index is 1210. The molecule has 0 radical (unpaired) electrons. The van der Waals surface area contributed by atoms with Crippen LogP contribution in [0.15, 0.2) is 65.6 Å². The number of anilines is 1. The van der Waals surface area contributed by atoms with Crippen LogP contribution in [0.25, 0.3) is 21.8 Å². The normalized spacial score (nSPS) is 14.7. The standard InChI is InChI=1S/C22H22N6O.ClH/c29-22-18-7-1-2-8-19(18)24-25-28(22)16-13-26-11-14-27(15-12-26)20-9-3-5-17-6-4-10-23-21(17)20;/h1-10H,11-16H2;1H. The van der Waals surface area contributed by atoms with E-state index in [1.807, 2.05) is 30.5 Å². The van der Waals surface area contributed by atoms with E-state index in [0.29, 0.717) is 17.4 Å². The predicted octanol–water partition coefficient (Wildman–Crippen LogP) is 2.58. The topological polar surface area (TPSA) is 67.2 Å². The highest BCUT2D eigenvalue weighted by Gasteiger charge is 2.19. The second kappa shape index (κ2) is 8.77. The molecule has 0 aliphatic carbocycles. The Morgan fingerprint density at radius 3 is 2.53 bits per heavy atom. The molecular weight excluding hydrogens is 400 g/mol. The number of piperazine rings is 1. The van der Waals surface area contributed by atoms with Gasteiger partial charge in [0.2, 0.25) is 0 Å². The van der Waals surface area contributed by atoms with Crippen LogP contribution in [0, 0.1) is 0 Å². The van der Waals surface area contributed by atoms with Gasteiger partial charge in [-0.1, -0.05) is 35.5 Å². The lowest BCUT2D eigenvalue weighted by atomic mass is 10.1. The Morgan fingerprint density at radius 2 is 1.67 bits per heavy atom. The number of halogens is 1. The largest absolute Gasteiger partial charge is 0.367 e. The molecule has 2 aromatic carbocycles. The number of pyridine rings is 1. The molecule has 0 atom stereocenters. The van der Waals surface area contributed by atoms with E-state index in [1.54, 1.807) is 6.07 Å². The summed E-state index contributed by atoms with van der Waals surface area (Å²) in [6.07, 6.45) is 1.85. The van der Waals surface area contributed by atoms with Crippen molar-refractivity contribution < 1.29 is 0 Å². The number of hydrogen-bond acceptors (Lipinski definition) is 6. The first-order chi connectivity index (χ1) is 14.3. The first-order valence-corrected chi connectivity index (χ1v) is 9.93.